The molecule has 0 saturated heterocycles. The van der Waals surface area contributed by atoms with E-state index in [0.717, 1.165) is 40.1 Å². The van der Waals surface area contributed by atoms with E-state index in [1.807, 2.05) is 0 Å². The molecule has 0 radical (unpaired) electrons. The van der Waals surface area contributed by atoms with Crippen LogP contribution in [0.1, 0.15) is 35.6 Å². The summed E-state index contributed by atoms with van der Waals surface area (Å²) in [5, 5.41) is 22.7. The van der Waals surface area contributed by atoms with Gasteiger partial charge in [0.15, 0.2) is 11.5 Å². The zero-order valence-corrected chi connectivity index (χ0v) is 20.8. The third-order valence-electron chi connectivity index (χ3n) is 6.57. The molecule has 7 nitrogen and oxygen atoms in total. The summed E-state index contributed by atoms with van der Waals surface area (Å²) in [6, 6.07) is 7.22. The molecule has 0 aliphatic carbocycles. The molecule has 2 heterocycles. The van der Waals surface area contributed by atoms with Crippen molar-refractivity contribution in [1.82, 2.24) is 0 Å². The predicted octanol–water partition coefficient (Wildman–Crippen LogP) is 3.14. The van der Waals surface area contributed by atoms with E-state index in [1.54, 1.807) is 19.2 Å². The van der Waals surface area contributed by atoms with Crippen molar-refractivity contribution in [2.45, 2.75) is 37.8 Å². The smallest absolute Gasteiger partial charge is 0.231 e. The molecule has 0 aromatic heterocycles. The van der Waals surface area contributed by atoms with E-state index in [0.29, 0.717) is 30.8 Å². The van der Waals surface area contributed by atoms with Crippen molar-refractivity contribution in [2.24, 2.45) is 0 Å². The second kappa shape index (κ2) is 9.77. The summed E-state index contributed by atoms with van der Waals surface area (Å²) >= 11 is 0. The Morgan fingerprint density at radius 3 is 2.69 bits per heavy atom. The largest absolute Gasteiger partial charge is 0.870 e. The Bertz CT molecular complexity index is 964. The zero-order chi connectivity index (χ0) is 22.2. The Morgan fingerprint density at radius 1 is 1.19 bits per heavy atom. The van der Waals surface area contributed by atoms with Crippen LogP contribution in [0.4, 0.5) is 0 Å². The van der Waals surface area contributed by atoms with Gasteiger partial charge in [0.2, 0.25) is 12.5 Å². The van der Waals surface area contributed by atoms with Crippen molar-refractivity contribution >= 4 is 17.0 Å². The Hall–Kier alpha value is -2.16. The van der Waals surface area contributed by atoms with Crippen molar-refractivity contribution in [3.8, 4) is 28.7 Å². The van der Waals surface area contributed by atoms with Gasteiger partial charge in [-0.15, -0.1) is 17.0 Å². The molecule has 176 valence electrons. The van der Waals surface area contributed by atoms with Gasteiger partial charge < -0.3 is 33.6 Å². The number of aliphatic hydroxyl groups is 1. The van der Waals surface area contributed by atoms with E-state index in [4.69, 9.17) is 18.9 Å². The molecule has 0 spiro atoms. The molecule has 0 saturated carbocycles. The lowest BCUT2D eigenvalue weighted by Crippen LogP contribution is -2.49. The number of methoxy groups -OCH3 is 2. The van der Waals surface area contributed by atoms with Crippen LogP contribution in [0.5, 0.6) is 28.7 Å². The van der Waals surface area contributed by atoms with Gasteiger partial charge in [-0.1, -0.05) is 17.9 Å². The summed E-state index contributed by atoms with van der Waals surface area (Å²) in [4.78, 5) is 0. The van der Waals surface area contributed by atoms with E-state index in [2.05, 4.69) is 20.2 Å². The van der Waals surface area contributed by atoms with Gasteiger partial charge in [-0.25, -0.2) is 0 Å². The summed E-state index contributed by atoms with van der Waals surface area (Å²) in [5.74, 6) is 2.33. The topological polar surface area (TPSA) is 80.2 Å². The van der Waals surface area contributed by atoms with Crippen molar-refractivity contribution in [3.05, 3.63) is 41.0 Å². The Morgan fingerprint density at radius 2 is 1.97 bits per heavy atom. The number of halogens is 1. The van der Waals surface area contributed by atoms with Crippen LogP contribution in [-0.2, 0) is 12.8 Å². The van der Waals surface area contributed by atoms with E-state index >= 15 is 0 Å². The number of nitrogens with zero attached hydrogens (tertiary/aromatic N) is 1. The lowest BCUT2D eigenvalue weighted by atomic mass is 9.85. The highest BCUT2D eigenvalue weighted by Crippen LogP contribution is 2.51. The maximum Gasteiger partial charge on any atom is 0.231 e. The number of hydrogen-bond donors (Lipinski definition) is 1. The fraction of sp³-hybridized carbons (Fsp3) is 0.500. The predicted molar refractivity (Wildman–Crippen MR) is 124 cm³/mol. The number of likely N-dealkylation sites (N-methyl/N-ethyl adjacent to an activating group) is 1. The maximum atomic E-state index is 11.7. The maximum absolute atomic E-state index is 11.7. The van der Waals surface area contributed by atoms with Crippen LogP contribution < -0.4 is 24.1 Å². The van der Waals surface area contributed by atoms with Crippen LogP contribution in [-0.4, -0.2) is 57.3 Å². The highest BCUT2D eigenvalue weighted by atomic mass is 79.9. The Balaban J connectivity index is 0.00000289. The Labute approximate surface area is 199 Å². The van der Waals surface area contributed by atoms with Crippen LogP contribution >= 0.6 is 17.0 Å². The van der Waals surface area contributed by atoms with Gasteiger partial charge >= 0.3 is 0 Å². The minimum Gasteiger partial charge on any atom is -0.870 e. The molecule has 0 amide bonds. The fourth-order valence-electron chi connectivity index (χ4n) is 4.75. The molecule has 2 atom stereocenters. The van der Waals surface area contributed by atoms with Crippen molar-refractivity contribution in [1.29, 1.82) is 0 Å². The molecule has 0 bridgehead atoms. The number of aliphatic hydroxyl groups excluding tert-OH is 1. The third-order valence-corrected chi connectivity index (χ3v) is 6.57. The minimum absolute atomic E-state index is 0. The molecule has 8 heteroatoms. The van der Waals surface area contributed by atoms with Crippen LogP contribution in [0, 0.1) is 0 Å². The molecule has 0 fully saturated rings. The zero-order valence-electron chi connectivity index (χ0n) is 19.1. The first-order valence-electron chi connectivity index (χ1n) is 10.7. The number of fused-ring (bicyclic) bond motifs is 2. The van der Waals surface area contributed by atoms with Gasteiger partial charge in [0, 0.05) is 12.8 Å². The summed E-state index contributed by atoms with van der Waals surface area (Å²) in [7, 11) is 7.55. The number of hydrogen-bond acceptors (Lipinski definition) is 6. The first-order valence-corrected chi connectivity index (χ1v) is 10.7. The SMILES string of the molecule is Br.COc1cc(CCC(O)CC2c3c(cc4c(c3OC)OCO4)CC[N+]2(C)C)ccc1[O-]. The monoisotopic (exact) mass is 509 g/mol. The molecule has 2 aliphatic heterocycles. The highest BCUT2D eigenvalue weighted by molar-refractivity contribution is 8.93. The van der Waals surface area contributed by atoms with Crippen LogP contribution in [0.25, 0.3) is 0 Å². The van der Waals surface area contributed by atoms with E-state index in [-0.39, 0.29) is 35.6 Å². The van der Waals surface area contributed by atoms with Crippen LogP contribution in [0.3, 0.4) is 0 Å². The number of benzene rings is 2. The summed E-state index contributed by atoms with van der Waals surface area (Å²) in [6.07, 6.45) is 2.29. The number of aryl methyl sites for hydroxylation is 1. The Kier molecular flexibility index (Phi) is 7.47. The second-order valence-corrected chi connectivity index (χ2v) is 8.90. The minimum atomic E-state index is -0.499. The average molecular weight is 510 g/mol. The first kappa shape index (κ1) is 24.5. The molecule has 2 aromatic rings. The highest BCUT2D eigenvalue weighted by Gasteiger charge is 2.42. The van der Waals surface area contributed by atoms with Gasteiger partial charge in [-0.3, -0.25) is 0 Å². The first-order chi connectivity index (χ1) is 14.8. The van der Waals surface area contributed by atoms with Crippen molar-refractivity contribution in [3.63, 3.8) is 0 Å². The molecule has 1 N–H and O–H groups in total. The molecule has 32 heavy (non-hydrogen) atoms. The van der Waals surface area contributed by atoms with Crippen molar-refractivity contribution in [2.75, 3.05) is 41.7 Å². The van der Waals surface area contributed by atoms with Gasteiger partial charge in [0.05, 0.1) is 46.5 Å². The second-order valence-electron chi connectivity index (χ2n) is 8.90. The normalized spacial score (nSPS) is 19.0. The fourth-order valence-corrected chi connectivity index (χ4v) is 4.75. The number of ether oxygens (including phenoxy) is 4. The molecular formula is C24H32BrNO6. The van der Waals surface area contributed by atoms with Gasteiger partial charge in [0.1, 0.15) is 11.8 Å². The van der Waals surface area contributed by atoms with Gasteiger partial charge in [-0.05, 0) is 36.1 Å². The lowest BCUT2D eigenvalue weighted by molar-refractivity contribution is -0.924. The number of quaternary nitrogens is 1. The number of rotatable bonds is 7. The van der Waals surface area contributed by atoms with E-state index in [9.17, 15) is 10.2 Å². The molecule has 2 aliphatic rings. The van der Waals surface area contributed by atoms with E-state index < -0.39 is 6.10 Å². The van der Waals surface area contributed by atoms with Crippen molar-refractivity contribution < 1.29 is 33.6 Å². The summed E-state index contributed by atoms with van der Waals surface area (Å²) < 4.78 is 23.0. The molecule has 4 rings (SSSR count). The molecular weight excluding hydrogens is 478 g/mol. The summed E-state index contributed by atoms with van der Waals surface area (Å²) in [5.41, 5.74) is 3.29. The lowest BCUT2D eigenvalue weighted by Gasteiger charge is -2.44. The molecule has 2 unspecified atom stereocenters. The quantitative estimate of drug-likeness (QED) is 0.577. The van der Waals surface area contributed by atoms with Crippen LogP contribution in [0.15, 0.2) is 24.3 Å². The van der Waals surface area contributed by atoms with Gasteiger partial charge in [-0.2, -0.15) is 0 Å². The standard InChI is InChI=1S/C24H31NO6.BrH/c1-25(2)10-9-16-12-21-23(31-14-30-21)24(29-4)22(16)18(25)13-17(26)7-5-15-6-8-19(27)20(11-15)28-3;/h6,8,11-12,17-18,26H,5,7,9-10,13-14H2,1-4H3;1H. The van der Waals surface area contributed by atoms with Crippen LogP contribution in [0.2, 0.25) is 0 Å². The van der Waals surface area contributed by atoms with Gasteiger partial charge in [0.25, 0.3) is 0 Å². The van der Waals surface area contributed by atoms with E-state index in [1.165, 1.54) is 18.7 Å². The molecule has 2 aromatic carbocycles. The third kappa shape index (κ3) is 4.63. The average Bonchev–Trinajstić information content (AvgIpc) is 3.22. The summed E-state index contributed by atoms with van der Waals surface area (Å²) in [6.45, 7) is 1.17.